The number of fused-ring (bicyclic) bond motifs is 1. The summed E-state index contributed by atoms with van der Waals surface area (Å²) in [6, 6.07) is 2.41. The fourth-order valence-corrected chi connectivity index (χ4v) is 3.37. The van der Waals surface area contributed by atoms with Gasteiger partial charge in [0.1, 0.15) is 11.9 Å². The van der Waals surface area contributed by atoms with Gasteiger partial charge in [-0.15, -0.1) is 15.3 Å². The van der Waals surface area contributed by atoms with E-state index >= 15 is 0 Å². The molecule has 0 spiro atoms. The van der Waals surface area contributed by atoms with Gasteiger partial charge in [0.2, 0.25) is 11.8 Å². The van der Waals surface area contributed by atoms with Crippen molar-refractivity contribution in [1.29, 1.82) is 0 Å². The maximum atomic E-state index is 13.1. The number of rotatable bonds is 5. The molecule has 2 aromatic heterocycles. The topological polar surface area (TPSA) is 95.7 Å². The van der Waals surface area contributed by atoms with Gasteiger partial charge in [-0.3, -0.25) is 9.59 Å². The second-order valence-electron chi connectivity index (χ2n) is 7.33. The van der Waals surface area contributed by atoms with Gasteiger partial charge in [0.15, 0.2) is 5.65 Å². The summed E-state index contributed by atoms with van der Waals surface area (Å²) in [4.78, 5) is 28.0. The van der Waals surface area contributed by atoms with E-state index in [2.05, 4.69) is 20.6 Å². The van der Waals surface area contributed by atoms with E-state index in [1.165, 1.54) is 11.0 Å². The Morgan fingerprint density at radius 1 is 1.27 bits per heavy atom. The summed E-state index contributed by atoms with van der Waals surface area (Å²) in [5.74, 6) is -1.44. The second-order valence-corrected chi connectivity index (χ2v) is 7.33. The fraction of sp³-hybridized carbons (Fsp3) is 0.611. The van der Waals surface area contributed by atoms with Gasteiger partial charge >= 0.3 is 6.18 Å². The van der Waals surface area contributed by atoms with Gasteiger partial charge in [-0.1, -0.05) is 0 Å². The Labute approximate surface area is 171 Å². The largest absolute Gasteiger partial charge is 0.453 e. The van der Waals surface area contributed by atoms with Crippen LogP contribution in [0.2, 0.25) is 0 Å². The standard InChI is InChI=1S/C18H24F3N7O2/c1-4-26(3)16(30)11(2)22-15(29)12-7-9-27(10-8-12)14-6-5-13-23-24-17(18(19,20)21)28(13)25-14/h5-6,11-12H,4,7-10H2,1-3H3,(H,22,29)/t11-/m1/s1. The number of aromatic nitrogens is 4. The van der Waals surface area contributed by atoms with Gasteiger partial charge in [0.05, 0.1) is 0 Å². The van der Waals surface area contributed by atoms with E-state index in [0.29, 0.717) is 42.8 Å². The summed E-state index contributed by atoms with van der Waals surface area (Å²) in [6.45, 7) is 4.97. The lowest BCUT2D eigenvalue weighted by molar-refractivity contribution is -0.146. The summed E-state index contributed by atoms with van der Waals surface area (Å²) in [5, 5.41) is 13.5. The van der Waals surface area contributed by atoms with Crippen molar-refractivity contribution in [1.82, 2.24) is 30.0 Å². The third-order valence-corrected chi connectivity index (χ3v) is 5.27. The minimum absolute atomic E-state index is 0.0102. The third kappa shape index (κ3) is 4.46. The van der Waals surface area contributed by atoms with Crippen LogP contribution in [0.3, 0.4) is 0 Å². The van der Waals surface area contributed by atoms with Crippen LogP contribution in [-0.2, 0) is 15.8 Å². The molecule has 0 aliphatic carbocycles. The molecule has 2 aromatic rings. The van der Waals surface area contributed by atoms with Gasteiger partial charge in [0.25, 0.3) is 5.82 Å². The van der Waals surface area contributed by atoms with E-state index < -0.39 is 18.0 Å². The third-order valence-electron chi connectivity index (χ3n) is 5.27. The van der Waals surface area contributed by atoms with Crippen molar-refractivity contribution in [3.05, 3.63) is 18.0 Å². The maximum absolute atomic E-state index is 13.1. The molecule has 9 nitrogen and oxygen atoms in total. The molecule has 0 unspecified atom stereocenters. The van der Waals surface area contributed by atoms with E-state index in [9.17, 15) is 22.8 Å². The molecule has 1 aliphatic heterocycles. The van der Waals surface area contributed by atoms with Crippen LogP contribution in [0.1, 0.15) is 32.5 Å². The number of hydrogen-bond acceptors (Lipinski definition) is 6. The van der Waals surface area contributed by atoms with E-state index in [1.807, 2.05) is 11.8 Å². The minimum Gasteiger partial charge on any atom is -0.355 e. The number of nitrogens with one attached hydrogen (secondary N) is 1. The monoisotopic (exact) mass is 427 g/mol. The van der Waals surface area contributed by atoms with Gasteiger partial charge in [-0.25, -0.2) is 0 Å². The van der Waals surface area contributed by atoms with Crippen molar-refractivity contribution in [2.45, 2.75) is 38.9 Å². The Balaban J connectivity index is 1.63. The molecule has 12 heteroatoms. The van der Waals surface area contributed by atoms with Crippen LogP contribution in [0.4, 0.5) is 19.0 Å². The SMILES string of the molecule is CCN(C)C(=O)[C@@H](C)NC(=O)C1CCN(c2ccc3nnc(C(F)(F)F)n3n2)CC1. The number of piperidine rings is 1. The quantitative estimate of drug-likeness (QED) is 0.774. The normalized spacial score (nSPS) is 16.5. The Kier molecular flexibility index (Phi) is 6.13. The molecule has 30 heavy (non-hydrogen) atoms. The van der Waals surface area contributed by atoms with Gasteiger partial charge < -0.3 is 15.1 Å². The summed E-state index contributed by atoms with van der Waals surface area (Å²) in [7, 11) is 1.67. The maximum Gasteiger partial charge on any atom is 0.453 e. The molecule has 0 saturated carbocycles. The van der Waals surface area contributed by atoms with Crippen LogP contribution in [0.15, 0.2) is 12.1 Å². The first-order valence-electron chi connectivity index (χ1n) is 9.71. The summed E-state index contributed by atoms with van der Waals surface area (Å²) in [5.41, 5.74) is 0.0102. The number of halogens is 3. The molecule has 1 saturated heterocycles. The molecule has 0 bridgehead atoms. The minimum atomic E-state index is -4.66. The highest BCUT2D eigenvalue weighted by atomic mass is 19.4. The molecule has 3 rings (SSSR count). The molecule has 2 amide bonds. The van der Waals surface area contributed by atoms with Crippen LogP contribution < -0.4 is 10.2 Å². The van der Waals surface area contributed by atoms with Crippen molar-refractivity contribution in [2.75, 3.05) is 31.6 Å². The van der Waals surface area contributed by atoms with Gasteiger partial charge in [0, 0.05) is 32.6 Å². The molecule has 1 atom stereocenters. The number of likely N-dealkylation sites (N-methyl/N-ethyl adjacent to an activating group) is 1. The van der Waals surface area contributed by atoms with E-state index in [0.717, 1.165) is 0 Å². The highest BCUT2D eigenvalue weighted by Crippen LogP contribution is 2.28. The summed E-state index contributed by atoms with van der Waals surface area (Å²) < 4.78 is 39.8. The molecule has 3 heterocycles. The van der Waals surface area contributed by atoms with Crippen LogP contribution in [0.5, 0.6) is 0 Å². The van der Waals surface area contributed by atoms with Crippen molar-refractivity contribution < 1.29 is 22.8 Å². The van der Waals surface area contributed by atoms with Crippen LogP contribution in [0.25, 0.3) is 5.65 Å². The first-order valence-corrected chi connectivity index (χ1v) is 9.71. The Bertz CT molecular complexity index is 922. The first kappa shape index (κ1) is 21.8. The van der Waals surface area contributed by atoms with E-state index in [4.69, 9.17) is 0 Å². The zero-order valence-corrected chi connectivity index (χ0v) is 17.0. The first-order chi connectivity index (χ1) is 14.1. The Morgan fingerprint density at radius 2 is 1.93 bits per heavy atom. The molecular weight excluding hydrogens is 403 g/mol. The molecule has 164 valence electrons. The number of nitrogens with zero attached hydrogens (tertiary/aromatic N) is 6. The molecule has 1 aliphatic rings. The lowest BCUT2D eigenvalue weighted by Crippen LogP contribution is -2.49. The molecule has 0 radical (unpaired) electrons. The van der Waals surface area contributed by atoms with Crippen molar-refractivity contribution >= 4 is 23.3 Å². The van der Waals surface area contributed by atoms with Crippen LogP contribution in [0, 0.1) is 5.92 Å². The second kappa shape index (κ2) is 8.44. The predicted molar refractivity (Wildman–Crippen MR) is 102 cm³/mol. The highest BCUT2D eigenvalue weighted by Gasteiger charge is 2.38. The average Bonchev–Trinajstić information content (AvgIpc) is 3.16. The lowest BCUT2D eigenvalue weighted by atomic mass is 9.95. The van der Waals surface area contributed by atoms with Crippen molar-refractivity contribution in [3.8, 4) is 0 Å². The molecular formula is C18H24F3N7O2. The summed E-state index contributed by atoms with van der Waals surface area (Å²) >= 11 is 0. The lowest BCUT2D eigenvalue weighted by Gasteiger charge is -2.32. The van der Waals surface area contributed by atoms with E-state index in [1.54, 1.807) is 20.0 Å². The highest BCUT2D eigenvalue weighted by molar-refractivity contribution is 5.88. The number of amides is 2. The molecule has 1 fully saturated rings. The number of carbonyl (C=O) groups excluding carboxylic acids is 2. The fourth-order valence-electron chi connectivity index (χ4n) is 3.37. The van der Waals surface area contributed by atoms with Crippen LogP contribution in [-0.4, -0.2) is 69.2 Å². The average molecular weight is 427 g/mol. The number of hydrogen-bond donors (Lipinski definition) is 1. The number of carbonyl (C=O) groups is 2. The van der Waals surface area contributed by atoms with Crippen molar-refractivity contribution in [3.63, 3.8) is 0 Å². The smallest absolute Gasteiger partial charge is 0.355 e. The van der Waals surface area contributed by atoms with Crippen molar-refractivity contribution in [2.24, 2.45) is 5.92 Å². The zero-order chi connectivity index (χ0) is 22.1. The van der Waals surface area contributed by atoms with Gasteiger partial charge in [-0.05, 0) is 38.8 Å². The number of alkyl halides is 3. The Hall–Kier alpha value is -2.92. The number of anilines is 1. The molecule has 1 N–H and O–H groups in total. The van der Waals surface area contributed by atoms with Crippen LogP contribution >= 0.6 is 0 Å². The van der Waals surface area contributed by atoms with E-state index in [-0.39, 0.29) is 23.4 Å². The zero-order valence-electron chi connectivity index (χ0n) is 17.0. The molecule has 0 aromatic carbocycles. The predicted octanol–water partition coefficient (Wildman–Crippen LogP) is 1.34. The summed E-state index contributed by atoms with van der Waals surface area (Å²) in [6.07, 6.45) is -3.65. The Morgan fingerprint density at radius 3 is 2.53 bits per heavy atom. The van der Waals surface area contributed by atoms with Gasteiger partial charge in [-0.2, -0.15) is 17.7 Å².